The maximum atomic E-state index is 6.29. The van der Waals surface area contributed by atoms with E-state index in [4.69, 9.17) is 26.8 Å². The highest BCUT2D eigenvalue weighted by atomic mass is 35.5. The third kappa shape index (κ3) is 3.69. The number of rotatable bonds is 5. The summed E-state index contributed by atoms with van der Waals surface area (Å²) in [6.07, 6.45) is 0.742. The molecule has 1 atom stereocenters. The number of halogens is 1. The lowest BCUT2D eigenvalue weighted by Crippen LogP contribution is -2.13. The first kappa shape index (κ1) is 15.7. The minimum atomic E-state index is -0.148. The molecule has 0 heterocycles. The molecule has 0 amide bonds. The molecule has 0 bridgehead atoms. The summed E-state index contributed by atoms with van der Waals surface area (Å²) in [6, 6.07) is 11.9. The van der Waals surface area contributed by atoms with Gasteiger partial charge in [0.05, 0.1) is 19.2 Å². The van der Waals surface area contributed by atoms with E-state index < -0.39 is 0 Å². The van der Waals surface area contributed by atoms with Crippen LogP contribution in [0.25, 0.3) is 0 Å². The number of hydrogen-bond acceptors (Lipinski definition) is 3. The molecule has 0 radical (unpaired) electrons. The van der Waals surface area contributed by atoms with Gasteiger partial charge >= 0.3 is 0 Å². The Kier molecular flexibility index (Phi) is 5.10. The molecule has 0 fully saturated rings. The van der Waals surface area contributed by atoms with Gasteiger partial charge in [0.25, 0.3) is 0 Å². The van der Waals surface area contributed by atoms with E-state index in [1.54, 1.807) is 14.2 Å². The van der Waals surface area contributed by atoms with Crippen molar-refractivity contribution in [3.63, 3.8) is 0 Å². The van der Waals surface area contributed by atoms with Gasteiger partial charge < -0.3 is 15.2 Å². The average molecular weight is 306 g/mol. The molecule has 1 unspecified atom stereocenters. The number of benzene rings is 2. The van der Waals surface area contributed by atoms with E-state index in [2.05, 4.69) is 31.2 Å². The van der Waals surface area contributed by atoms with Crippen LogP contribution in [0.4, 0.5) is 0 Å². The highest BCUT2D eigenvalue weighted by molar-refractivity contribution is 6.32. The first-order chi connectivity index (χ1) is 10.0. The van der Waals surface area contributed by atoms with E-state index >= 15 is 0 Å². The monoisotopic (exact) mass is 305 g/mol. The third-order valence-corrected chi connectivity index (χ3v) is 3.74. The van der Waals surface area contributed by atoms with Crippen LogP contribution in [0.2, 0.25) is 5.02 Å². The average Bonchev–Trinajstić information content (AvgIpc) is 2.48. The predicted octanol–water partition coefficient (Wildman–Crippen LogP) is 3.91. The Bertz CT molecular complexity index is 611. The van der Waals surface area contributed by atoms with Gasteiger partial charge in [-0.1, -0.05) is 41.4 Å². The number of nitrogens with two attached hydrogens (primary N) is 1. The first-order valence-corrected chi connectivity index (χ1v) is 7.15. The van der Waals surface area contributed by atoms with E-state index in [0.717, 1.165) is 12.0 Å². The zero-order chi connectivity index (χ0) is 15.4. The highest BCUT2D eigenvalue weighted by Crippen LogP contribution is 2.37. The zero-order valence-electron chi connectivity index (χ0n) is 12.5. The van der Waals surface area contributed by atoms with Crippen LogP contribution < -0.4 is 15.2 Å². The van der Waals surface area contributed by atoms with Crippen molar-refractivity contribution < 1.29 is 9.47 Å². The van der Waals surface area contributed by atoms with E-state index in [0.29, 0.717) is 16.5 Å². The van der Waals surface area contributed by atoms with Crippen LogP contribution >= 0.6 is 11.6 Å². The number of aryl methyl sites for hydroxylation is 1. The first-order valence-electron chi connectivity index (χ1n) is 6.77. The Morgan fingerprint density at radius 1 is 1.10 bits per heavy atom. The molecule has 2 N–H and O–H groups in total. The Morgan fingerprint density at radius 3 is 2.33 bits per heavy atom. The minimum Gasteiger partial charge on any atom is -0.493 e. The van der Waals surface area contributed by atoms with Crippen molar-refractivity contribution in [2.45, 2.75) is 19.4 Å². The lowest BCUT2D eigenvalue weighted by molar-refractivity contribution is 0.354. The maximum Gasteiger partial charge on any atom is 0.179 e. The van der Waals surface area contributed by atoms with Gasteiger partial charge in [0.2, 0.25) is 0 Å². The second-order valence-corrected chi connectivity index (χ2v) is 5.44. The van der Waals surface area contributed by atoms with Crippen LogP contribution in [0.3, 0.4) is 0 Å². The van der Waals surface area contributed by atoms with E-state index in [1.165, 1.54) is 11.1 Å². The lowest BCUT2D eigenvalue weighted by Gasteiger charge is -2.16. The van der Waals surface area contributed by atoms with E-state index in [1.807, 2.05) is 12.1 Å². The van der Waals surface area contributed by atoms with Crippen LogP contribution in [-0.2, 0) is 6.42 Å². The van der Waals surface area contributed by atoms with Gasteiger partial charge in [-0.05, 0) is 36.6 Å². The summed E-state index contributed by atoms with van der Waals surface area (Å²) in [7, 11) is 3.15. The maximum absolute atomic E-state index is 6.29. The van der Waals surface area contributed by atoms with E-state index in [9.17, 15) is 0 Å². The van der Waals surface area contributed by atoms with Crippen LogP contribution in [0.1, 0.15) is 22.7 Å². The van der Waals surface area contributed by atoms with Crippen molar-refractivity contribution in [3.05, 3.63) is 58.1 Å². The fraction of sp³-hybridized carbons (Fsp3) is 0.294. The Labute approximate surface area is 130 Å². The topological polar surface area (TPSA) is 44.5 Å². The Hall–Kier alpha value is -1.71. The standard InChI is InChI=1S/C17H20ClNO2/c1-11-4-6-12(7-5-11)8-15(19)13-9-14(18)17(21-3)16(10-13)20-2/h4-7,9-10,15H,8,19H2,1-3H3. The van der Waals surface area contributed by atoms with Crippen molar-refractivity contribution in [3.8, 4) is 11.5 Å². The normalized spacial score (nSPS) is 12.0. The Balaban J connectivity index is 2.24. The van der Waals surface area contributed by atoms with Crippen molar-refractivity contribution >= 4 is 11.6 Å². The second-order valence-electron chi connectivity index (χ2n) is 5.03. The van der Waals surface area contributed by atoms with Crippen LogP contribution in [-0.4, -0.2) is 14.2 Å². The molecule has 112 valence electrons. The summed E-state index contributed by atoms with van der Waals surface area (Å²) in [5, 5.41) is 0.506. The van der Waals surface area contributed by atoms with E-state index in [-0.39, 0.29) is 6.04 Å². The molecular weight excluding hydrogens is 286 g/mol. The molecule has 21 heavy (non-hydrogen) atoms. The largest absolute Gasteiger partial charge is 0.493 e. The smallest absolute Gasteiger partial charge is 0.179 e. The molecule has 0 aliphatic rings. The molecule has 2 aromatic carbocycles. The number of hydrogen-bond donors (Lipinski definition) is 1. The zero-order valence-corrected chi connectivity index (χ0v) is 13.3. The minimum absolute atomic E-state index is 0.148. The fourth-order valence-corrected chi connectivity index (χ4v) is 2.54. The third-order valence-electron chi connectivity index (χ3n) is 3.46. The second kappa shape index (κ2) is 6.83. The molecule has 3 nitrogen and oxygen atoms in total. The van der Waals surface area contributed by atoms with Gasteiger partial charge in [-0.3, -0.25) is 0 Å². The molecular formula is C17H20ClNO2. The fourth-order valence-electron chi connectivity index (χ4n) is 2.25. The van der Waals surface area contributed by atoms with Crippen LogP contribution in [0.5, 0.6) is 11.5 Å². The molecule has 0 saturated carbocycles. The molecule has 4 heteroatoms. The molecule has 0 spiro atoms. The molecule has 2 rings (SSSR count). The van der Waals surface area contributed by atoms with Gasteiger partial charge in [-0.15, -0.1) is 0 Å². The number of ether oxygens (including phenoxy) is 2. The summed E-state index contributed by atoms with van der Waals surface area (Å²) >= 11 is 6.22. The summed E-state index contributed by atoms with van der Waals surface area (Å²) in [5.74, 6) is 1.13. The number of methoxy groups -OCH3 is 2. The molecule has 0 aliphatic carbocycles. The summed E-state index contributed by atoms with van der Waals surface area (Å²) in [4.78, 5) is 0. The van der Waals surface area contributed by atoms with Gasteiger partial charge in [-0.2, -0.15) is 0 Å². The lowest BCUT2D eigenvalue weighted by atomic mass is 9.98. The summed E-state index contributed by atoms with van der Waals surface area (Å²) < 4.78 is 10.5. The molecule has 0 saturated heterocycles. The van der Waals surface area contributed by atoms with Gasteiger partial charge in [0.1, 0.15) is 0 Å². The van der Waals surface area contributed by atoms with Crippen LogP contribution in [0, 0.1) is 6.92 Å². The molecule has 0 aromatic heterocycles. The summed E-state index contributed by atoms with van der Waals surface area (Å²) in [5.41, 5.74) is 9.65. The van der Waals surface area contributed by atoms with Gasteiger partial charge in [0, 0.05) is 6.04 Å². The molecule has 2 aromatic rings. The summed E-state index contributed by atoms with van der Waals surface area (Å²) in [6.45, 7) is 2.07. The Morgan fingerprint density at radius 2 is 1.76 bits per heavy atom. The van der Waals surface area contributed by atoms with Gasteiger partial charge in [-0.25, -0.2) is 0 Å². The van der Waals surface area contributed by atoms with Crippen molar-refractivity contribution in [1.82, 2.24) is 0 Å². The van der Waals surface area contributed by atoms with Crippen molar-refractivity contribution in [2.75, 3.05) is 14.2 Å². The predicted molar refractivity (Wildman–Crippen MR) is 86.4 cm³/mol. The van der Waals surface area contributed by atoms with Gasteiger partial charge in [0.15, 0.2) is 11.5 Å². The van der Waals surface area contributed by atoms with Crippen molar-refractivity contribution in [1.29, 1.82) is 0 Å². The SMILES string of the molecule is COc1cc(C(N)Cc2ccc(C)cc2)cc(Cl)c1OC. The quantitative estimate of drug-likeness (QED) is 0.911. The molecule has 0 aliphatic heterocycles. The van der Waals surface area contributed by atoms with Crippen molar-refractivity contribution in [2.24, 2.45) is 5.73 Å². The van der Waals surface area contributed by atoms with Crippen LogP contribution in [0.15, 0.2) is 36.4 Å². The highest BCUT2D eigenvalue weighted by Gasteiger charge is 2.15.